The first-order chi connectivity index (χ1) is 7.66. The predicted molar refractivity (Wildman–Crippen MR) is 61.7 cm³/mol. The van der Waals surface area contributed by atoms with Gasteiger partial charge in [-0.1, -0.05) is 29.3 Å². The molecule has 1 heterocycles. The van der Waals surface area contributed by atoms with Gasteiger partial charge in [-0.3, -0.25) is 0 Å². The van der Waals surface area contributed by atoms with Crippen LogP contribution in [0.1, 0.15) is 18.1 Å². The van der Waals surface area contributed by atoms with Crippen LogP contribution < -0.4 is 0 Å². The number of rotatable bonds is 3. The van der Waals surface area contributed by atoms with E-state index < -0.39 is 6.10 Å². The van der Waals surface area contributed by atoms with Gasteiger partial charge in [0.2, 0.25) is 0 Å². The molecule has 0 aliphatic carbocycles. The Morgan fingerprint density at radius 3 is 2.62 bits per heavy atom. The highest BCUT2D eigenvalue weighted by Gasteiger charge is 2.22. The van der Waals surface area contributed by atoms with Crippen molar-refractivity contribution in [1.29, 1.82) is 0 Å². The summed E-state index contributed by atoms with van der Waals surface area (Å²) >= 11 is 11.8. The number of benzene rings is 1. The standard InChI is InChI=1S/C11H12Cl2O3/c12-7-1-2-8(9(13)5-7)10(14)6-11-15-3-4-16-11/h1-2,5,10-11,14H,3-4,6H2. The van der Waals surface area contributed by atoms with Crippen LogP contribution >= 0.6 is 23.2 Å². The maximum atomic E-state index is 9.97. The lowest BCUT2D eigenvalue weighted by Crippen LogP contribution is -2.13. The molecule has 1 fully saturated rings. The molecule has 5 heteroatoms. The van der Waals surface area contributed by atoms with Gasteiger partial charge in [-0.05, 0) is 17.7 Å². The lowest BCUT2D eigenvalue weighted by atomic mass is 10.1. The minimum absolute atomic E-state index is 0.346. The number of ether oxygens (including phenoxy) is 2. The fourth-order valence-corrected chi connectivity index (χ4v) is 2.16. The molecule has 1 saturated heterocycles. The summed E-state index contributed by atoms with van der Waals surface area (Å²) < 4.78 is 10.5. The van der Waals surface area contributed by atoms with E-state index in [0.29, 0.717) is 35.2 Å². The van der Waals surface area contributed by atoms with E-state index in [1.165, 1.54) is 0 Å². The molecule has 1 aromatic rings. The summed E-state index contributed by atoms with van der Waals surface area (Å²) in [7, 11) is 0. The van der Waals surface area contributed by atoms with Gasteiger partial charge in [0, 0.05) is 16.5 Å². The highest BCUT2D eigenvalue weighted by atomic mass is 35.5. The Balaban J connectivity index is 2.04. The number of hydrogen-bond donors (Lipinski definition) is 1. The van der Waals surface area contributed by atoms with Crippen molar-refractivity contribution < 1.29 is 14.6 Å². The first-order valence-corrected chi connectivity index (χ1v) is 5.78. The van der Waals surface area contributed by atoms with Crippen molar-refractivity contribution in [2.75, 3.05) is 13.2 Å². The molecule has 1 atom stereocenters. The molecule has 88 valence electrons. The highest BCUT2D eigenvalue weighted by molar-refractivity contribution is 6.35. The van der Waals surface area contributed by atoms with Gasteiger partial charge in [0.1, 0.15) is 0 Å². The average molecular weight is 263 g/mol. The second-order valence-electron chi connectivity index (χ2n) is 3.59. The van der Waals surface area contributed by atoms with Crippen LogP contribution in [-0.2, 0) is 9.47 Å². The normalized spacial score (nSPS) is 18.9. The zero-order valence-corrected chi connectivity index (χ0v) is 10.0. The van der Waals surface area contributed by atoms with E-state index in [-0.39, 0.29) is 6.29 Å². The van der Waals surface area contributed by atoms with Crippen LogP contribution in [0, 0.1) is 0 Å². The quantitative estimate of drug-likeness (QED) is 0.911. The van der Waals surface area contributed by atoms with Gasteiger partial charge in [0.25, 0.3) is 0 Å². The fraction of sp³-hybridized carbons (Fsp3) is 0.455. The average Bonchev–Trinajstić information content (AvgIpc) is 2.70. The van der Waals surface area contributed by atoms with Crippen molar-refractivity contribution in [3.8, 4) is 0 Å². The summed E-state index contributed by atoms with van der Waals surface area (Å²) in [5.74, 6) is 0. The van der Waals surface area contributed by atoms with Crippen molar-refractivity contribution >= 4 is 23.2 Å². The summed E-state index contributed by atoms with van der Waals surface area (Å²) in [6, 6.07) is 5.02. The van der Waals surface area contributed by atoms with E-state index in [9.17, 15) is 5.11 Å². The molecule has 0 radical (unpaired) electrons. The molecule has 1 N–H and O–H groups in total. The van der Waals surface area contributed by atoms with E-state index in [4.69, 9.17) is 32.7 Å². The molecule has 16 heavy (non-hydrogen) atoms. The molecular weight excluding hydrogens is 251 g/mol. The van der Waals surface area contributed by atoms with Gasteiger partial charge in [-0.2, -0.15) is 0 Å². The molecule has 1 aromatic carbocycles. The molecular formula is C11H12Cl2O3. The second-order valence-corrected chi connectivity index (χ2v) is 4.43. The Hall–Kier alpha value is -0.320. The van der Waals surface area contributed by atoms with E-state index in [1.807, 2.05) is 0 Å². The molecule has 3 nitrogen and oxygen atoms in total. The first kappa shape index (κ1) is 12.1. The Labute approximate surface area is 104 Å². The maximum absolute atomic E-state index is 9.97. The Morgan fingerprint density at radius 2 is 2.00 bits per heavy atom. The van der Waals surface area contributed by atoms with Gasteiger partial charge in [-0.25, -0.2) is 0 Å². The number of aliphatic hydroxyl groups is 1. The van der Waals surface area contributed by atoms with Crippen LogP contribution in [0.25, 0.3) is 0 Å². The molecule has 1 aliphatic heterocycles. The molecule has 0 spiro atoms. The third-order valence-electron chi connectivity index (χ3n) is 2.43. The third kappa shape index (κ3) is 2.87. The summed E-state index contributed by atoms with van der Waals surface area (Å²) in [6.07, 6.45) is -0.670. The summed E-state index contributed by atoms with van der Waals surface area (Å²) in [4.78, 5) is 0. The Morgan fingerprint density at radius 1 is 1.31 bits per heavy atom. The topological polar surface area (TPSA) is 38.7 Å². The largest absolute Gasteiger partial charge is 0.388 e. The Bertz CT molecular complexity index is 364. The highest BCUT2D eigenvalue weighted by Crippen LogP contribution is 2.29. The molecule has 2 rings (SSSR count). The minimum Gasteiger partial charge on any atom is -0.388 e. The molecule has 0 aromatic heterocycles. The predicted octanol–water partition coefficient (Wildman–Crippen LogP) is 2.79. The summed E-state index contributed by atoms with van der Waals surface area (Å²) in [5.41, 5.74) is 0.644. The summed E-state index contributed by atoms with van der Waals surface area (Å²) in [6.45, 7) is 1.15. The van der Waals surface area contributed by atoms with Crippen molar-refractivity contribution in [2.24, 2.45) is 0 Å². The fourth-order valence-electron chi connectivity index (χ4n) is 1.62. The van der Waals surface area contributed by atoms with E-state index >= 15 is 0 Å². The minimum atomic E-state index is -0.701. The first-order valence-electron chi connectivity index (χ1n) is 5.03. The third-order valence-corrected chi connectivity index (χ3v) is 2.99. The van der Waals surface area contributed by atoms with E-state index in [1.54, 1.807) is 18.2 Å². The lowest BCUT2D eigenvalue weighted by Gasteiger charge is -2.16. The van der Waals surface area contributed by atoms with Gasteiger partial charge in [-0.15, -0.1) is 0 Å². The van der Waals surface area contributed by atoms with Crippen LogP contribution in [0.3, 0.4) is 0 Å². The molecule has 0 bridgehead atoms. The Kier molecular flexibility index (Phi) is 4.05. The van der Waals surface area contributed by atoms with Crippen molar-refractivity contribution in [1.82, 2.24) is 0 Å². The molecule has 0 saturated carbocycles. The van der Waals surface area contributed by atoms with Crippen LogP contribution in [0.2, 0.25) is 10.0 Å². The summed E-state index contributed by atoms with van der Waals surface area (Å²) in [5, 5.41) is 11.0. The van der Waals surface area contributed by atoms with Gasteiger partial charge >= 0.3 is 0 Å². The van der Waals surface area contributed by atoms with Crippen LogP contribution in [0.4, 0.5) is 0 Å². The van der Waals surface area contributed by atoms with Crippen LogP contribution in [-0.4, -0.2) is 24.6 Å². The van der Waals surface area contributed by atoms with Gasteiger partial charge in [0.05, 0.1) is 19.3 Å². The maximum Gasteiger partial charge on any atom is 0.160 e. The van der Waals surface area contributed by atoms with Gasteiger partial charge in [0.15, 0.2) is 6.29 Å². The molecule has 1 unspecified atom stereocenters. The lowest BCUT2D eigenvalue weighted by molar-refractivity contribution is -0.0707. The monoisotopic (exact) mass is 262 g/mol. The smallest absolute Gasteiger partial charge is 0.160 e. The molecule has 1 aliphatic rings. The van der Waals surface area contributed by atoms with Gasteiger partial charge < -0.3 is 14.6 Å². The molecule has 0 amide bonds. The van der Waals surface area contributed by atoms with Crippen LogP contribution in [0.15, 0.2) is 18.2 Å². The van der Waals surface area contributed by atoms with E-state index in [0.717, 1.165) is 0 Å². The van der Waals surface area contributed by atoms with Crippen molar-refractivity contribution in [2.45, 2.75) is 18.8 Å². The van der Waals surface area contributed by atoms with Crippen molar-refractivity contribution in [3.63, 3.8) is 0 Å². The zero-order valence-electron chi connectivity index (χ0n) is 8.53. The number of hydrogen-bond acceptors (Lipinski definition) is 3. The zero-order chi connectivity index (χ0) is 11.5. The number of halogens is 2. The SMILES string of the molecule is OC(CC1OCCO1)c1ccc(Cl)cc1Cl. The second kappa shape index (κ2) is 5.34. The number of aliphatic hydroxyl groups excluding tert-OH is 1. The van der Waals surface area contributed by atoms with Crippen LogP contribution in [0.5, 0.6) is 0 Å². The van der Waals surface area contributed by atoms with E-state index in [2.05, 4.69) is 0 Å². The van der Waals surface area contributed by atoms with Crippen molar-refractivity contribution in [3.05, 3.63) is 33.8 Å².